The fraction of sp³-hybridized carbons (Fsp3) is 0.250. The van der Waals surface area contributed by atoms with Gasteiger partial charge in [-0.3, -0.25) is 0 Å². The average Bonchev–Trinajstić information content (AvgIpc) is 2.37. The van der Waals surface area contributed by atoms with Crippen molar-refractivity contribution >= 4 is 0 Å². The minimum atomic E-state index is -1.23. The Morgan fingerprint density at radius 1 is 0.750 bits per heavy atom. The quantitative estimate of drug-likeness (QED) is 0.802. The highest BCUT2D eigenvalue weighted by molar-refractivity contribution is 5.76. The molecule has 0 saturated heterocycles. The highest BCUT2D eigenvalue weighted by Crippen LogP contribution is 2.39. The smallest absolute Gasteiger partial charge is 0.170 e. The average molecular weight is 280 g/mol. The SMILES string of the molecule is Cc1cc(F)c(-c2c(O)cc(C)c(F)c2F)c(C)c1C. The van der Waals surface area contributed by atoms with Gasteiger partial charge in [0.1, 0.15) is 11.6 Å². The van der Waals surface area contributed by atoms with Crippen LogP contribution in [0.5, 0.6) is 5.75 Å². The van der Waals surface area contributed by atoms with E-state index in [2.05, 4.69) is 0 Å². The van der Waals surface area contributed by atoms with Crippen LogP contribution in [0.4, 0.5) is 13.2 Å². The van der Waals surface area contributed by atoms with Crippen molar-refractivity contribution in [2.45, 2.75) is 27.7 Å². The predicted octanol–water partition coefficient (Wildman–Crippen LogP) is 4.71. The van der Waals surface area contributed by atoms with Gasteiger partial charge in [0.05, 0.1) is 5.56 Å². The second-order valence-corrected chi connectivity index (χ2v) is 5.02. The van der Waals surface area contributed by atoms with Gasteiger partial charge in [0, 0.05) is 5.56 Å². The van der Waals surface area contributed by atoms with Crippen molar-refractivity contribution in [1.82, 2.24) is 0 Å². The maximum atomic E-state index is 14.2. The molecular weight excluding hydrogens is 265 g/mol. The molecule has 0 saturated carbocycles. The summed E-state index contributed by atoms with van der Waals surface area (Å²) in [5.41, 5.74) is 1.44. The number of aromatic hydroxyl groups is 1. The predicted molar refractivity (Wildman–Crippen MR) is 72.4 cm³/mol. The number of aryl methyl sites for hydroxylation is 2. The molecule has 2 aromatic carbocycles. The Labute approximate surface area is 115 Å². The summed E-state index contributed by atoms with van der Waals surface area (Å²) in [4.78, 5) is 0. The molecule has 0 aliphatic rings. The van der Waals surface area contributed by atoms with E-state index in [4.69, 9.17) is 0 Å². The zero-order chi connectivity index (χ0) is 15.2. The molecule has 0 spiro atoms. The molecule has 0 bridgehead atoms. The Morgan fingerprint density at radius 3 is 1.95 bits per heavy atom. The van der Waals surface area contributed by atoms with Gasteiger partial charge in [0.15, 0.2) is 11.6 Å². The maximum absolute atomic E-state index is 14.2. The summed E-state index contributed by atoms with van der Waals surface area (Å²) < 4.78 is 42.0. The lowest BCUT2D eigenvalue weighted by Gasteiger charge is -2.16. The van der Waals surface area contributed by atoms with E-state index in [-0.39, 0.29) is 11.1 Å². The van der Waals surface area contributed by atoms with Crippen LogP contribution in [0.3, 0.4) is 0 Å². The van der Waals surface area contributed by atoms with Crippen molar-refractivity contribution < 1.29 is 18.3 Å². The molecule has 0 aliphatic carbocycles. The second-order valence-electron chi connectivity index (χ2n) is 5.02. The van der Waals surface area contributed by atoms with Crippen LogP contribution in [0.1, 0.15) is 22.3 Å². The Balaban J connectivity index is 2.90. The van der Waals surface area contributed by atoms with Crippen molar-refractivity contribution in [3.63, 3.8) is 0 Å². The van der Waals surface area contributed by atoms with E-state index in [1.807, 2.05) is 0 Å². The standard InChI is InChI=1S/C16H15F3O/c1-7-5-11(17)13(10(4)9(7)3)14-12(20)6-8(2)15(18)16(14)19/h5-6,20H,1-4H3. The van der Waals surface area contributed by atoms with Crippen molar-refractivity contribution in [2.75, 3.05) is 0 Å². The van der Waals surface area contributed by atoms with E-state index in [0.717, 1.165) is 17.2 Å². The molecule has 0 fully saturated rings. The summed E-state index contributed by atoms with van der Waals surface area (Å²) in [6.45, 7) is 6.47. The highest BCUT2D eigenvalue weighted by atomic mass is 19.2. The lowest BCUT2D eigenvalue weighted by Crippen LogP contribution is -2.01. The first-order valence-corrected chi connectivity index (χ1v) is 6.20. The number of phenolic OH excluding ortho intramolecular Hbond substituents is 1. The van der Waals surface area contributed by atoms with Crippen LogP contribution in [-0.4, -0.2) is 5.11 Å². The minimum absolute atomic E-state index is 0.0226. The lowest BCUT2D eigenvalue weighted by molar-refractivity contribution is 0.455. The number of halogens is 3. The molecule has 2 aromatic rings. The van der Waals surface area contributed by atoms with Crippen molar-refractivity contribution in [1.29, 1.82) is 0 Å². The van der Waals surface area contributed by atoms with Gasteiger partial charge in [0.25, 0.3) is 0 Å². The first-order valence-electron chi connectivity index (χ1n) is 6.20. The molecule has 1 N–H and O–H groups in total. The monoisotopic (exact) mass is 280 g/mol. The van der Waals surface area contributed by atoms with Gasteiger partial charge in [-0.1, -0.05) is 0 Å². The van der Waals surface area contributed by atoms with Crippen LogP contribution in [0.25, 0.3) is 11.1 Å². The molecule has 20 heavy (non-hydrogen) atoms. The van der Waals surface area contributed by atoms with Gasteiger partial charge in [-0.25, -0.2) is 13.2 Å². The molecule has 0 radical (unpaired) electrons. The summed E-state index contributed by atoms with van der Waals surface area (Å²) in [5.74, 6) is -3.45. The Kier molecular flexibility index (Phi) is 3.50. The molecule has 2 rings (SSSR count). The molecule has 106 valence electrons. The largest absolute Gasteiger partial charge is 0.507 e. The third-order valence-electron chi connectivity index (χ3n) is 3.73. The van der Waals surface area contributed by atoms with Gasteiger partial charge in [-0.2, -0.15) is 0 Å². The number of hydrogen-bond acceptors (Lipinski definition) is 1. The van der Waals surface area contributed by atoms with E-state index >= 15 is 0 Å². The van der Waals surface area contributed by atoms with Crippen molar-refractivity contribution in [2.24, 2.45) is 0 Å². The van der Waals surface area contributed by atoms with E-state index in [1.54, 1.807) is 20.8 Å². The fourth-order valence-electron chi connectivity index (χ4n) is 2.31. The van der Waals surface area contributed by atoms with E-state index in [0.29, 0.717) is 5.56 Å². The van der Waals surface area contributed by atoms with Crippen LogP contribution in [-0.2, 0) is 0 Å². The van der Waals surface area contributed by atoms with Crippen LogP contribution < -0.4 is 0 Å². The topological polar surface area (TPSA) is 20.2 Å². The molecule has 0 heterocycles. The van der Waals surface area contributed by atoms with Gasteiger partial charge in [-0.15, -0.1) is 0 Å². The van der Waals surface area contributed by atoms with E-state index < -0.39 is 28.8 Å². The third kappa shape index (κ3) is 2.05. The zero-order valence-electron chi connectivity index (χ0n) is 11.7. The number of phenols is 1. The molecule has 1 nitrogen and oxygen atoms in total. The third-order valence-corrected chi connectivity index (χ3v) is 3.73. The maximum Gasteiger partial charge on any atom is 0.170 e. The van der Waals surface area contributed by atoms with Crippen LogP contribution in [0.2, 0.25) is 0 Å². The van der Waals surface area contributed by atoms with Gasteiger partial charge < -0.3 is 5.11 Å². The molecule has 0 aromatic heterocycles. The Bertz CT molecular complexity index is 644. The number of rotatable bonds is 1. The van der Waals surface area contributed by atoms with Crippen molar-refractivity contribution in [3.8, 4) is 16.9 Å². The van der Waals surface area contributed by atoms with Gasteiger partial charge >= 0.3 is 0 Å². The Morgan fingerprint density at radius 2 is 1.35 bits per heavy atom. The first-order chi connectivity index (χ1) is 9.25. The van der Waals surface area contributed by atoms with Crippen LogP contribution in [0.15, 0.2) is 12.1 Å². The summed E-state index contributed by atoms with van der Waals surface area (Å²) in [5, 5.41) is 9.89. The second kappa shape index (κ2) is 4.85. The van der Waals surface area contributed by atoms with E-state index in [9.17, 15) is 18.3 Å². The molecule has 0 atom stereocenters. The molecular formula is C16H15F3O. The fourth-order valence-corrected chi connectivity index (χ4v) is 2.31. The van der Waals surface area contributed by atoms with Crippen LogP contribution in [0, 0.1) is 45.1 Å². The minimum Gasteiger partial charge on any atom is -0.507 e. The molecule has 0 unspecified atom stereocenters. The van der Waals surface area contributed by atoms with Gasteiger partial charge in [-0.05, 0) is 62.1 Å². The molecule has 0 aliphatic heterocycles. The summed E-state index contributed by atoms with van der Waals surface area (Å²) in [6.07, 6.45) is 0. The summed E-state index contributed by atoms with van der Waals surface area (Å²) in [6, 6.07) is 2.36. The lowest BCUT2D eigenvalue weighted by atomic mass is 9.92. The first kappa shape index (κ1) is 14.4. The normalized spacial score (nSPS) is 10.9. The number of benzene rings is 2. The van der Waals surface area contributed by atoms with E-state index in [1.165, 1.54) is 13.0 Å². The molecule has 4 heteroatoms. The zero-order valence-corrected chi connectivity index (χ0v) is 11.7. The summed E-state index contributed by atoms with van der Waals surface area (Å²) >= 11 is 0. The van der Waals surface area contributed by atoms with Crippen LogP contribution >= 0.6 is 0 Å². The highest BCUT2D eigenvalue weighted by Gasteiger charge is 2.23. The number of hydrogen-bond donors (Lipinski definition) is 1. The van der Waals surface area contributed by atoms with Crippen molar-refractivity contribution in [3.05, 3.63) is 51.8 Å². The summed E-state index contributed by atoms with van der Waals surface area (Å²) in [7, 11) is 0. The Hall–Kier alpha value is -1.97. The van der Waals surface area contributed by atoms with Gasteiger partial charge in [0.2, 0.25) is 0 Å². The molecule has 0 amide bonds.